The highest BCUT2D eigenvalue weighted by Gasteiger charge is 2.01. The van der Waals surface area contributed by atoms with Gasteiger partial charge in [0.05, 0.1) is 11.4 Å². The highest BCUT2D eigenvalue weighted by molar-refractivity contribution is 5.06. The van der Waals surface area contributed by atoms with Crippen molar-refractivity contribution < 1.29 is 0 Å². The van der Waals surface area contributed by atoms with Gasteiger partial charge in [0.25, 0.3) is 0 Å². The zero-order valence-corrected chi connectivity index (χ0v) is 16.7. The second-order valence-corrected chi connectivity index (χ2v) is 7.48. The Balaban J connectivity index is 1.40. The molecule has 0 saturated carbocycles. The molecule has 0 aliphatic carbocycles. The maximum atomic E-state index is 4.53. The summed E-state index contributed by atoms with van der Waals surface area (Å²) >= 11 is 0. The van der Waals surface area contributed by atoms with Crippen LogP contribution >= 0.6 is 0 Å². The summed E-state index contributed by atoms with van der Waals surface area (Å²) < 4.78 is 4.30. The van der Waals surface area contributed by atoms with Crippen molar-refractivity contribution >= 4 is 0 Å². The molecule has 0 spiro atoms. The first-order valence-electron chi connectivity index (χ1n) is 10.1. The summed E-state index contributed by atoms with van der Waals surface area (Å²) in [6, 6.07) is 4.32. The van der Waals surface area contributed by atoms with Gasteiger partial charge in [-0.3, -0.25) is 9.36 Å². The molecule has 0 radical (unpaired) electrons. The van der Waals surface area contributed by atoms with Gasteiger partial charge >= 0.3 is 0 Å². The van der Waals surface area contributed by atoms with Crippen LogP contribution in [0, 0.1) is 27.7 Å². The van der Waals surface area contributed by atoms with E-state index in [9.17, 15) is 0 Å². The van der Waals surface area contributed by atoms with Crippen LogP contribution in [-0.2, 0) is 13.1 Å². The van der Waals surface area contributed by atoms with Crippen LogP contribution in [0.3, 0.4) is 0 Å². The van der Waals surface area contributed by atoms with Crippen molar-refractivity contribution in [2.45, 2.75) is 98.6 Å². The molecular weight excluding hydrogens is 308 g/mol. The SMILES string of the molecule is Cc1cc(C)n(CCCCCCCCCCCn2nc(C)cc2C)n1. The lowest BCUT2D eigenvalue weighted by Gasteiger charge is -2.06. The minimum Gasteiger partial charge on any atom is -0.270 e. The second-order valence-electron chi connectivity index (χ2n) is 7.48. The van der Waals surface area contributed by atoms with Crippen LogP contribution in [0.5, 0.6) is 0 Å². The van der Waals surface area contributed by atoms with Crippen molar-refractivity contribution in [3.8, 4) is 0 Å². The number of nitrogens with zero attached hydrogens (tertiary/aromatic N) is 4. The van der Waals surface area contributed by atoms with Gasteiger partial charge < -0.3 is 0 Å². The first kappa shape index (κ1) is 19.7. The zero-order chi connectivity index (χ0) is 18.1. The van der Waals surface area contributed by atoms with Crippen molar-refractivity contribution in [3.63, 3.8) is 0 Å². The van der Waals surface area contributed by atoms with E-state index >= 15 is 0 Å². The van der Waals surface area contributed by atoms with E-state index in [0.717, 1.165) is 24.5 Å². The molecule has 4 nitrogen and oxygen atoms in total. The average Bonchev–Trinajstić information content (AvgIpc) is 3.05. The number of aryl methyl sites for hydroxylation is 6. The molecule has 4 heteroatoms. The Kier molecular flexibility index (Phi) is 8.23. The van der Waals surface area contributed by atoms with Crippen molar-refractivity contribution in [1.29, 1.82) is 0 Å². The summed E-state index contributed by atoms with van der Waals surface area (Å²) in [6.45, 7) is 10.6. The normalized spacial score (nSPS) is 11.4. The molecule has 2 rings (SSSR count). The van der Waals surface area contributed by atoms with Gasteiger partial charge in [0.1, 0.15) is 0 Å². The number of hydrogen-bond acceptors (Lipinski definition) is 2. The van der Waals surface area contributed by atoms with E-state index in [1.54, 1.807) is 0 Å². The topological polar surface area (TPSA) is 35.6 Å². The first-order chi connectivity index (χ1) is 12.1. The van der Waals surface area contributed by atoms with Gasteiger partial charge in [-0.05, 0) is 52.7 Å². The summed E-state index contributed by atoms with van der Waals surface area (Å²) in [5, 5.41) is 9.05. The van der Waals surface area contributed by atoms with Crippen LogP contribution in [0.15, 0.2) is 12.1 Å². The van der Waals surface area contributed by atoms with Gasteiger partial charge in [0.2, 0.25) is 0 Å². The Morgan fingerprint density at radius 3 is 1.16 bits per heavy atom. The fraction of sp³-hybridized carbons (Fsp3) is 0.714. The van der Waals surface area contributed by atoms with E-state index in [4.69, 9.17) is 0 Å². The standard InChI is InChI=1S/C21H36N4/c1-18-16-20(3)24(22-18)14-12-10-8-6-5-7-9-11-13-15-25-21(4)17-19(2)23-25/h16-17H,5-15H2,1-4H3. The lowest BCUT2D eigenvalue weighted by molar-refractivity contribution is 0.496. The second kappa shape index (κ2) is 10.4. The van der Waals surface area contributed by atoms with Gasteiger partial charge in [0.15, 0.2) is 0 Å². The lowest BCUT2D eigenvalue weighted by Crippen LogP contribution is -2.02. The molecule has 2 heterocycles. The van der Waals surface area contributed by atoms with Crippen LogP contribution in [0.4, 0.5) is 0 Å². The highest BCUT2D eigenvalue weighted by atomic mass is 15.3. The minimum atomic E-state index is 1.08. The van der Waals surface area contributed by atoms with Crippen LogP contribution in [0.2, 0.25) is 0 Å². The Bertz CT molecular complexity index is 570. The molecule has 2 aromatic rings. The Labute approximate surface area is 153 Å². The summed E-state index contributed by atoms with van der Waals surface area (Å²) in [6.07, 6.45) is 12.1. The summed E-state index contributed by atoms with van der Waals surface area (Å²) in [7, 11) is 0. The van der Waals surface area contributed by atoms with Crippen molar-refractivity contribution in [1.82, 2.24) is 19.6 Å². The summed E-state index contributed by atoms with van der Waals surface area (Å²) in [5.74, 6) is 0. The number of aromatic nitrogens is 4. The molecule has 0 amide bonds. The van der Waals surface area contributed by atoms with Gasteiger partial charge in [-0.15, -0.1) is 0 Å². The monoisotopic (exact) mass is 344 g/mol. The maximum Gasteiger partial charge on any atom is 0.0596 e. The molecule has 2 aromatic heterocycles. The Morgan fingerprint density at radius 1 is 0.560 bits per heavy atom. The predicted octanol–water partition coefficient (Wildman–Crippen LogP) is 5.52. The lowest BCUT2D eigenvalue weighted by atomic mass is 10.1. The predicted molar refractivity (Wildman–Crippen MR) is 105 cm³/mol. The molecule has 0 N–H and O–H groups in total. The fourth-order valence-corrected chi connectivity index (χ4v) is 3.56. The van der Waals surface area contributed by atoms with E-state index in [-0.39, 0.29) is 0 Å². The number of rotatable bonds is 12. The van der Waals surface area contributed by atoms with Gasteiger partial charge in [-0.1, -0.05) is 44.9 Å². The molecular formula is C21H36N4. The maximum absolute atomic E-state index is 4.53. The molecule has 0 unspecified atom stereocenters. The molecule has 0 aromatic carbocycles. The molecule has 140 valence electrons. The van der Waals surface area contributed by atoms with E-state index in [0.29, 0.717) is 0 Å². The summed E-state index contributed by atoms with van der Waals surface area (Å²) in [5.41, 5.74) is 4.85. The number of hydrogen-bond donors (Lipinski definition) is 0. The van der Waals surface area contributed by atoms with Crippen molar-refractivity contribution in [2.75, 3.05) is 0 Å². The van der Waals surface area contributed by atoms with Gasteiger partial charge in [-0.2, -0.15) is 10.2 Å². The minimum absolute atomic E-state index is 1.08. The molecule has 0 aliphatic rings. The average molecular weight is 345 g/mol. The van der Waals surface area contributed by atoms with Crippen LogP contribution in [0.1, 0.15) is 80.6 Å². The van der Waals surface area contributed by atoms with Crippen molar-refractivity contribution in [2.24, 2.45) is 0 Å². The Hall–Kier alpha value is -1.58. The molecule has 25 heavy (non-hydrogen) atoms. The third-order valence-corrected chi connectivity index (χ3v) is 4.95. The fourth-order valence-electron chi connectivity index (χ4n) is 3.56. The van der Waals surface area contributed by atoms with Crippen molar-refractivity contribution in [3.05, 3.63) is 34.9 Å². The van der Waals surface area contributed by atoms with E-state index in [1.807, 2.05) is 0 Å². The highest BCUT2D eigenvalue weighted by Crippen LogP contribution is 2.12. The first-order valence-corrected chi connectivity index (χ1v) is 10.1. The molecule has 0 atom stereocenters. The van der Waals surface area contributed by atoms with Crippen LogP contribution in [0.25, 0.3) is 0 Å². The third-order valence-electron chi connectivity index (χ3n) is 4.95. The quantitative estimate of drug-likeness (QED) is 0.475. The molecule has 0 aliphatic heterocycles. The van der Waals surface area contributed by atoms with Crippen LogP contribution < -0.4 is 0 Å². The Morgan fingerprint density at radius 2 is 0.880 bits per heavy atom. The number of unbranched alkanes of at least 4 members (excludes halogenated alkanes) is 8. The smallest absolute Gasteiger partial charge is 0.0596 e. The largest absolute Gasteiger partial charge is 0.270 e. The van der Waals surface area contributed by atoms with E-state index in [1.165, 1.54) is 69.2 Å². The van der Waals surface area contributed by atoms with Crippen LogP contribution in [-0.4, -0.2) is 19.6 Å². The van der Waals surface area contributed by atoms with Gasteiger partial charge in [0, 0.05) is 24.5 Å². The van der Waals surface area contributed by atoms with E-state index in [2.05, 4.69) is 59.4 Å². The van der Waals surface area contributed by atoms with E-state index < -0.39 is 0 Å². The molecule has 0 fully saturated rings. The molecule has 0 bridgehead atoms. The third kappa shape index (κ3) is 7.05. The zero-order valence-electron chi connectivity index (χ0n) is 16.7. The summed E-state index contributed by atoms with van der Waals surface area (Å²) in [4.78, 5) is 0. The van der Waals surface area contributed by atoms with Gasteiger partial charge in [-0.25, -0.2) is 0 Å². The molecule has 0 saturated heterocycles.